The molecule has 2 N–H and O–H groups in total. The minimum atomic E-state index is -0.574. The molecule has 2 heterocycles. The highest BCUT2D eigenvalue weighted by Crippen LogP contribution is 2.23. The zero-order chi connectivity index (χ0) is 14.3. The van der Waals surface area contributed by atoms with Crippen LogP contribution in [-0.2, 0) is 16.0 Å². The Bertz CT molecular complexity index is 706. The summed E-state index contributed by atoms with van der Waals surface area (Å²) in [6.45, 7) is 4.72. The smallest absolute Gasteiger partial charge is 0.258 e. The van der Waals surface area contributed by atoms with E-state index in [1.807, 2.05) is 19.9 Å². The van der Waals surface area contributed by atoms with E-state index in [4.69, 9.17) is 15.2 Å². The molecule has 0 aliphatic carbocycles. The second-order valence-corrected chi connectivity index (χ2v) is 5.53. The molecule has 5 heteroatoms. The molecular formula is C15H18N2O3. The van der Waals surface area contributed by atoms with E-state index in [2.05, 4.69) is 0 Å². The van der Waals surface area contributed by atoms with Gasteiger partial charge in [0.25, 0.3) is 5.56 Å². The molecule has 1 aromatic heterocycles. The van der Waals surface area contributed by atoms with E-state index in [1.165, 1.54) is 0 Å². The number of hydrogen-bond acceptors (Lipinski definition) is 4. The zero-order valence-corrected chi connectivity index (χ0v) is 11.6. The van der Waals surface area contributed by atoms with Gasteiger partial charge in [-0.25, -0.2) is 0 Å². The van der Waals surface area contributed by atoms with Gasteiger partial charge in [0.15, 0.2) is 5.79 Å². The summed E-state index contributed by atoms with van der Waals surface area (Å²) in [6.07, 6.45) is 1.65. The number of hydrogen-bond donors (Lipinski definition) is 1. The molecule has 5 nitrogen and oxygen atoms in total. The predicted molar refractivity (Wildman–Crippen MR) is 77.5 cm³/mol. The first-order valence-electron chi connectivity index (χ1n) is 6.66. The molecule has 1 aliphatic heterocycles. The van der Waals surface area contributed by atoms with E-state index >= 15 is 0 Å². The highest BCUT2D eigenvalue weighted by atomic mass is 16.7. The number of nitrogens with zero attached hydrogens (tertiary/aromatic N) is 1. The van der Waals surface area contributed by atoms with Crippen molar-refractivity contribution in [2.75, 3.05) is 12.3 Å². The van der Waals surface area contributed by atoms with Gasteiger partial charge in [0.2, 0.25) is 0 Å². The van der Waals surface area contributed by atoms with Gasteiger partial charge in [-0.05, 0) is 32.0 Å². The van der Waals surface area contributed by atoms with Crippen molar-refractivity contribution in [3.05, 3.63) is 40.8 Å². The van der Waals surface area contributed by atoms with Crippen LogP contribution in [0.2, 0.25) is 0 Å². The molecule has 106 valence electrons. The van der Waals surface area contributed by atoms with Crippen LogP contribution in [0.5, 0.6) is 0 Å². The monoisotopic (exact) mass is 274 g/mol. The van der Waals surface area contributed by atoms with Crippen LogP contribution in [0.3, 0.4) is 0 Å². The van der Waals surface area contributed by atoms with Crippen molar-refractivity contribution in [3.8, 4) is 0 Å². The second kappa shape index (κ2) is 4.61. The Morgan fingerprint density at radius 3 is 2.85 bits per heavy atom. The zero-order valence-electron chi connectivity index (χ0n) is 11.6. The number of pyridine rings is 1. The van der Waals surface area contributed by atoms with Crippen molar-refractivity contribution in [2.45, 2.75) is 32.3 Å². The summed E-state index contributed by atoms with van der Waals surface area (Å²) in [4.78, 5) is 12.4. The summed E-state index contributed by atoms with van der Waals surface area (Å²) >= 11 is 0. The number of rotatable bonds is 2. The molecule has 1 fully saturated rings. The molecule has 0 saturated carbocycles. The van der Waals surface area contributed by atoms with Gasteiger partial charge in [0.1, 0.15) is 6.10 Å². The van der Waals surface area contributed by atoms with Gasteiger partial charge in [-0.15, -0.1) is 0 Å². The summed E-state index contributed by atoms with van der Waals surface area (Å²) in [5.74, 6) is -0.574. The Balaban J connectivity index is 1.94. The lowest BCUT2D eigenvalue weighted by Crippen LogP contribution is -2.29. The van der Waals surface area contributed by atoms with Crippen LogP contribution in [0.25, 0.3) is 10.8 Å². The van der Waals surface area contributed by atoms with Gasteiger partial charge in [0.05, 0.1) is 13.2 Å². The standard InChI is InChI=1S/C15H18N2O3/c1-15(2)19-9-10(20-15)8-17-7-6-11-12(14(17)18)4-3-5-13(11)16/h3-7,10H,8-9,16H2,1-2H3. The van der Waals surface area contributed by atoms with Crippen molar-refractivity contribution < 1.29 is 9.47 Å². The van der Waals surface area contributed by atoms with E-state index < -0.39 is 5.79 Å². The Labute approximate surface area is 116 Å². The summed E-state index contributed by atoms with van der Waals surface area (Å²) < 4.78 is 12.9. The Hall–Kier alpha value is -1.85. The van der Waals surface area contributed by atoms with Crippen LogP contribution < -0.4 is 11.3 Å². The lowest BCUT2D eigenvalue weighted by Gasteiger charge is -2.17. The summed E-state index contributed by atoms with van der Waals surface area (Å²) in [5.41, 5.74) is 6.45. The first kappa shape index (κ1) is 13.1. The van der Waals surface area contributed by atoms with Crippen molar-refractivity contribution >= 4 is 16.5 Å². The maximum atomic E-state index is 12.4. The second-order valence-electron chi connectivity index (χ2n) is 5.53. The first-order chi connectivity index (χ1) is 9.46. The molecule has 2 aromatic rings. The quantitative estimate of drug-likeness (QED) is 0.847. The van der Waals surface area contributed by atoms with Crippen molar-refractivity contribution in [1.29, 1.82) is 0 Å². The fourth-order valence-electron chi connectivity index (χ4n) is 2.56. The van der Waals surface area contributed by atoms with Crippen LogP contribution in [0.1, 0.15) is 13.8 Å². The van der Waals surface area contributed by atoms with Crippen LogP contribution in [0.15, 0.2) is 35.3 Å². The third kappa shape index (κ3) is 2.30. The lowest BCUT2D eigenvalue weighted by molar-refractivity contribution is -0.139. The summed E-state index contributed by atoms with van der Waals surface area (Å²) in [6, 6.07) is 7.25. The van der Waals surface area contributed by atoms with E-state index in [0.717, 1.165) is 5.39 Å². The molecule has 1 saturated heterocycles. The van der Waals surface area contributed by atoms with E-state index in [0.29, 0.717) is 24.2 Å². The normalized spacial score (nSPS) is 21.4. The number of nitrogen functional groups attached to an aromatic ring is 1. The number of aromatic nitrogens is 1. The number of anilines is 1. The predicted octanol–water partition coefficient (Wildman–Crippen LogP) is 1.74. The maximum absolute atomic E-state index is 12.4. The minimum Gasteiger partial charge on any atom is -0.398 e. The SMILES string of the molecule is CC1(C)OCC(Cn2ccc3c(N)cccc3c2=O)O1. The first-order valence-corrected chi connectivity index (χ1v) is 6.66. The van der Waals surface area contributed by atoms with Crippen LogP contribution in [-0.4, -0.2) is 23.1 Å². The molecule has 1 aromatic carbocycles. The molecule has 0 spiro atoms. The highest BCUT2D eigenvalue weighted by Gasteiger charge is 2.32. The van der Waals surface area contributed by atoms with Crippen LogP contribution >= 0.6 is 0 Å². The van der Waals surface area contributed by atoms with Crippen LogP contribution in [0.4, 0.5) is 5.69 Å². The average Bonchev–Trinajstić information content (AvgIpc) is 2.73. The Morgan fingerprint density at radius 1 is 1.35 bits per heavy atom. The minimum absolute atomic E-state index is 0.0527. The Morgan fingerprint density at radius 2 is 2.15 bits per heavy atom. The number of fused-ring (bicyclic) bond motifs is 1. The largest absolute Gasteiger partial charge is 0.398 e. The van der Waals surface area contributed by atoms with Gasteiger partial charge in [-0.3, -0.25) is 4.79 Å². The molecule has 1 aliphatic rings. The summed E-state index contributed by atoms with van der Waals surface area (Å²) in [5, 5.41) is 1.42. The van der Waals surface area contributed by atoms with Gasteiger partial charge in [-0.1, -0.05) is 6.07 Å². The fraction of sp³-hybridized carbons (Fsp3) is 0.400. The van der Waals surface area contributed by atoms with Gasteiger partial charge >= 0.3 is 0 Å². The average molecular weight is 274 g/mol. The molecule has 20 heavy (non-hydrogen) atoms. The van der Waals surface area contributed by atoms with Gasteiger partial charge in [0, 0.05) is 22.7 Å². The molecule has 0 amide bonds. The molecule has 0 radical (unpaired) electrons. The molecule has 1 atom stereocenters. The molecule has 1 unspecified atom stereocenters. The summed E-state index contributed by atoms with van der Waals surface area (Å²) in [7, 11) is 0. The maximum Gasteiger partial charge on any atom is 0.258 e. The van der Waals surface area contributed by atoms with E-state index in [-0.39, 0.29) is 11.7 Å². The highest BCUT2D eigenvalue weighted by molar-refractivity contribution is 5.91. The molecule has 3 rings (SSSR count). The fourth-order valence-corrected chi connectivity index (χ4v) is 2.56. The number of ether oxygens (including phenoxy) is 2. The van der Waals surface area contributed by atoms with Crippen molar-refractivity contribution in [3.63, 3.8) is 0 Å². The molecule has 0 bridgehead atoms. The Kier molecular flexibility index (Phi) is 3.03. The van der Waals surface area contributed by atoms with Crippen molar-refractivity contribution in [1.82, 2.24) is 4.57 Å². The van der Waals surface area contributed by atoms with Gasteiger partial charge < -0.3 is 19.8 Å². The van der Waals surface area contributed by atoms with Crippen LogP contribution in [0, 0.1) is 0 Å². The van der Waals surface area contributed by atoms with Crippen molar-refractivity contribution in [2.24, 2.45) is 0 Å². The number of nitrogens with two attached hydrogens (primary N) is 1. The molecular weight excluding hydrogens is 256 g/mol. The van der Waals surface area contributed by atoms with E-state index in [9.17, 15) is 4.79 Å². The van der Waals surface area contributed by atoms with Gasteiger partial charge in [-0.2, -0.15) is 0 Å². The van der Waals surface area contributed by atoms with E-state index in [1.54, 1.807) is 29.0 Å². The topological polar surface area (TPSA) is 66.5 Å². The lowest BCUT2D eigenvalue weighted by atomic mass is 10.1. The number of benzene rings is 1. The third-order valence-corrected chi connectivity index (χ3v) is 3.52. The third-order valence-electron chi connectivity index (χ3n) is 3.52.